The minimum Gasteiger partial charge on any atom is -0.507 e. The molecule has 1 atom stereocenters. The molecule has 6 heteroatoms. The van der Waals surface area contributed by atoms with Gasteiger partial charge in [-0.1, -0.05) is 78.9 Å². The zero-order valence-corrected chi connectivity index (χ0v) is 25.9. The zero-order valence-electron chi connectivity index (χ0n) is 25.9. The molecule has 0 saturated heterocycles. The van der Waals surface area contributed by atoms with Crippen LogP contribution < -0.4 is 14.5 Å². The Morgan fingerprint density at radius 2 is 1.24 bits per heavy atom. The third-order valence-electron chi connectivity index (χ3n) is 8.62. The summed E-state index contributed by atoms with van der Waals surface area (Å²) >= 11 is 0. The van der Waals surface area contributed by atoms with E-state index >= 15 is 0 Å². The van der Waals surface area contributed by atoms with Crippen molar-refractivity contribution in [2.24, 2.45) is 0 Å². The summed E-state index contributed by atoms with van der Waals surface area (Å²) in [6.07, 6.45) is 0. The maximum atomic E-state index is 13.5. The van der Waals surface area contributed by atoms with E-state index < -0.39 is 11.6 Å². The average Bonchev–Trinajstić information content (AvgIpc) is 3.38. The lowest BCUT2D eigenvalue weighted by Crippen LogP contribution is -2.31. The quantitative estimate of drug-likeness (QED) is 0.156. The fourth-order valence-corrected chi connectivity index (χ4v) is 6.38. The van der Waals surface area contributed by atoms with Crippen molar-refractivity contribution >= 4 is 17.3 Å². The summed E-state index contributed by atoms with van der Waals surface area (Å²) in [7, 11) is 1.61. The predicted molar refractivity (Wildman–Crippen MR) is 179 cm³/mol. The first-order valence-corrected chi connectivity index (χ1v) is 15.4. The number of anilines is 2. The van der Waals surface area contributed by atoms with Gasteiger partial charge in [-0.25, -0.2) is 4.79 Å². The number of aromatic hydroxyl groups is 1. The molecular weight excluding hydrogens is 560 g/mol. The molecule has 0 fully saturated rings. The number of phenols is 1. The molecule has 1 aliphatic rings. The molecule has 5 aromatic carbocycles. The summed E-state index contributed by atoms with van der Waals surface area (Å²) in [6.45, 7) is 7.08. The Bertz CT molecular complexity index is 1740. The number of carbonyl (C=O) groups excluding carboxylic acids is 1. The van der Waals surface area contributed by atoms with Crippen LogP contribution in [0.5, 0.6) is 11.5 Å². The van der Waals surface area contributed by atoms with Crippen LogP contribution in [0.4, 0.5) is 11.4 Å². The van der Waals surface area contributed by atoms with Crippen molar-refractivity contribution in [2.75, 3.05) is 30.0 Å². The lowest BCUT2D eigenvalue weighted by Gasteiger charge is -2.34. The molecule has 0 saturated carbocycles. The second-order valence-corrected chi connectivity index (χ2v) is 11.2. The first-order chi connectivity index (χ1) is 22.0. The molecule has 0 radical (unpaired) electrons. The van der Waals surface area contributed by atoms with Gasteiger partial charge in [-0.3, -0.25) is 0 Å². The minimum atomic E-state index is -1.44. The summed E-state index contributed by atoms with van der Waals surface area (Å²) in [6, 6.07) is 39.7. The van der Waals surface area contributed by atoms with Gasteiger partial charge in [-0.15, -0.1) is 0 Å². The van der Waals surface area contributed by atoms with E-state index in [0.717, 1.165) is 24.5 Å². The molecule has 45 heavy (non-hydrogen) atoms. The van der Waals surface area contributed by atoms with Gasteiger partial charge >= 0.3 is 5.97 Å². The Morgan fingerprint density at radius 1 is 0.667 bits per heavy atom. The molecule has 228 valence electrons. The Morgan fingerprint density at radius 3 is 1.84 bits per heavy atom. The maximum absolute atomic E-state index is 13.5. The summed E-state index contributed by atoms with van der Waals surface area (Å²) in [4.78, 5) is 18.0. The first-order valence-electron chi connectivity index (χ1n) is 15.4. The third kappa shape index (κ3) is 5.60. The van der Waals surface area contributed by atoms with Crippen LogP contribution in [0.25, 0.3) is 0 Å². The van der Waals surface area contributed by atoms with Gasteiger partial charge in [-0.2, -0.15) is 0 Å². The number of fused-ring (bicyclic) bond motifs is 1. The third-order valence-corrected chi connectivity index (χ3v) is 8.62. The molecule has 0 aliphatic carbocycles. The van der Waals surface area contributed by atoms with Crippen molar-refractivity contribution in [2.45, 2.75) is 32.5 Å². The average molecular weight is 599 g/mol. The number of hydrogen-bond acceptors (Lipinski definition) is 6. The SMILES string of the molecule is CCN(CC)c1ccc(C2(c3cc(N(Cc4ccccc4)Cc4ccccc4)ccc3OC)OC(=O)c3ccccc32)c(O)c1. The molecule has 5 aromatic rings. The Hall–Kier alpha value is -5.23. The highest BCUT2D eigenvalue weighted by atomic mass is 16.6. The Labute approximate surface area is 265 Å². The highest BCUT2D eigenvalue weighted by Crippen LogP contribution is 2.53. The second kappa shape index (κ2) is 12.8. The van der Waals surface area contributed by atoms with E-state index in [0.29, 0.717) is 41.1 Å². The summed E-state index contributed by atoms with van der Waals surface area (Å²) in [5.41, 5.74) is 4.96. The summed E-state index contributed by atoms with van der Waals surface area (Å²) < 4.78 is 12.4. The molecule has 6 nitrogen and oxygen atoms in total. The molecule has 0 amide bonds. The van der Waals surface area contributed by atoms with Gasteiger partial charge in [0.05, 0.1) is 12.7 Å². The maximum Gasteiger partial charge on any atom is 0.340 e. The van der Waals surface area contributed by atoms with Gasteiger partial charge in [0.15, 0.2) is 5.60 Å². The lowest BCUT2D eigenvalue weighted by molar-refractivity contribution is 0.0239. The first kappa shape index (κ1) is 29.8. The van der Waals surface area contributed by atoms with Crippen molar-refractivity contribution in [3.05, 3.63) is 155 Å². The van der Waals surface area contributed by atoms with Gasteiger partial charge in [-0.05, 0) is 61.4 Å². The van der Waals surface area contributed by atoms with Crippen LogP contribution in [0.15, 0.2) is 121 Å². The molecule has 0 spiro atoms. The van der Waals surface area contributed by atoms with Crippen LogP contribution in [-0.2, 0) is 23.4 Å². The number of esters is 1. The van der Waals surface area contributed by atoms with E-state index in [1.807, 2.05) is 84.9 Å². The Balaban J connectivity index is 1.56. The summed E-state index contributed by atoms with van der Waals surface area (Å²) in [5, 5.41) is 11.7. The van der Waals surface area contributed by atoms with E-state index in [9.17, 15) is 9.90 Å². The number of ether oxygens (including phenoxy) is 2. The highest BCUT2D eigenvalue weighted by Gasteiger charge is 2.51. The highest BCUT2D eigenvalue weighted by molar-refractivity contribution is 5.97. The number of phenolic OH excluding ortho intramolecular Hbond substituents is 1. The van der Waals surface area contributed by atoms with Gasteiger partial charge < -0.3 is 24.4 Å². The van der Waals surface area contributed by atoms with E-state index in [4.69, 9.17) is 9.47 Å². The standard InChI is InChI=1S/C39H38N2O4/c1-4-40(5-2)31-20-22-34(36(42)25-31)39(33-19-13-12-18-32(33)38(43)45-39)35-24-30(21-23-37(35)44-3)41(26-28-14-8-6-9-15-28)27-29-16-10-7-11-17-29/h6-25,42H,4-5,26-27H2,1-3H3. The van der Waals surface area contributed by atoms with Crippen molar-refractivity contribution in [1.29, 1.82) is 0 Å². The molecule has 1 N–H and O–H groups in total. The van der Waals surface area contributed by atoms with Gasteiger partial charge in [0.1, 0.15) is 11.5 Å². The number of rotatable bonds is 11. The van der Waals surface area contributed by atoms with Crippen molar-refractivity contribution in [1.82, 2.24) is 0 Å². The van der Waals surface area contributed by atoms with Crippen LogP contribution in [0, 0.1) is 0 Å². The van der Waals surface area contributed by atoms with E-state index in [1.165, 1.54) is 11.1 Å². The van der Waals surface area contributed by atoms with E-state index in [2.05, 4.69) is 47.9 Å². The molecule has 0 aromatic heterocycles. The van der Waals surface area contributed by atoms with Gasteiger partial charge in [0.2, 0.25) is 0 Å². The fourth-order valence-electron chi connectivity index (χ4n) is 6.38. The van der Waals surface area contributed by atoms with Crippen molar-refractivity contribution < 1.29 is 19.4 Å². The van der Waals surface area contributed by atoms with E-state index in [1.54, 1.807) is 19.2 Å². The minimum absolute atomic E-state index is 0.0433. The summed E-state index contributed by atoms with van der Waals surface area (Å²) in [5.74, 6) is 0.146. The predicted octanol–water partition coefficient (Wildman–Crippen LogP) is 7.92. The van der Waals surface area contributed by atoms with Crippen LogP contribution >= 0.6 is 0 Å². The number of benzene rings is 5. The van der Waals surface area contributed by atoms with Crippen LogP contribution in [0.1, 0.15) is 52.0 Å². The van der Waals surface area contributed by atoms with Crippen molar-refractivity contribution in [3.8, 4) is 11.5 Å². The number of hydrogen-bond donors (Lipinski definition) is 1. The van der Waals surface area contributed by atoms with E-state index in [-0.39, 0.29) is 5.75 Å². The molecule has 6 rings (SSSR count). The number of methoxy groups -OCH3 is 1. The Kier molecular flexibility index (Phi) is 8.47. The fraction of sp³-hybridized carbons (Fsp3) is 0.205. The zero-order chi connectivity index (χ0) is 31.4. The normalized spacial score (nSPS) is 15.3. The second-order valence-electron chi connectivity index (χ2n) is 11.2. The van der Waals surface area contributed by atoms with Crippen LogP contribution in [0.2, 0.25) is 0 Å². The largest absolute Gasteiger partial charge is 0.507 e. The van der Waals surface area contributed by atoms with Crippen molar-refractivity contribution in [3.63, 3.8) is 0 Å². The lowest BCUT2D eigenvalue weighted by atomic mass is 9.78. The molecular formula is C39H38N2O4. The monoisotopic (exact) mass is 598 g/mol. The van der Waals surface area contributed by atoms with Gasteiger partial charge in [0, 0.05) is 60.3 Å². The van der Waals surface area contributed by atoms with Crippen LogP contribution in [-0.4, -0.2) is 31.3 Å². The van der Waals surface area contributed by atoms with Crippen LogP contribution in [0.3, 0.4) is 0 Å². The smallest absolute Gasteiger partial charge is 0.340 e. The van der Waals surface area contributed by atoms with Gasteiger partial charge in [0.25, 0.3) is 0 Å². The number of nitrogens with zero attached hydrogens (tertiary/aromatic N) is 2. The molecule has 1 aliphatic heterocycles. The molecule has 1 heterocycles. The number of carbonyl (C=O) groups is 1. The molecule has 0 bridgehead atoms. The molecule has 1 unspecified atom stereocenters. The topological polar surface area (TPSA) is 62.2 Å². The number of cyclic esters (lactones) is 1.